The summed E-state index contributed by atoms with van der Waals surface area (Å²) in [7, 11) is -3.71. The van der Waals surface area contributed by atoms with E-state index in [1.54, 1.807) is 0 Å². The molecular formula is C11H17N2O5P. The van der Waals surface area contributed by atoms with Crippen molar-refractivity contribution in [2.24, 2.45) is 0 Å². The van der Waals surface area contributed by atoms with Crippen molar-refractivity contribution >= 4 is 7.82 Å². The van der Waals surface area contributed by atoms with Crippen molar-refractivity contribution in [1.82, 2.24) is 0 Å². The Labute approximate surface area is 112 Å². The number of hydrogen-bond acceptors (Lipinski definition) is 7. The molecule has 0 N–H and O–H groups in total. The average molecular weight is 288 g/mol. The SMILES string of the molecule is N#CCCOP(=O)(OCCC#N)OCC1CCCO1. The molecule has 1 saturated heterocycles. The smallest absolute Gasteiger partial charge is 0.376 e. The van der Waals surface area contributed by atoms with Crippen molar-refractivity contribution in [3.63, 3.8) is 0 Å². The molecule has 1 fully saturated rings. The third kappa shape index (κ3) is 6.68. The second kappa shape index (κ2) is 9.03. The van der Waals surface area contributed by atoms with Gasteiger partial charge in [0.25, 0.3) is 0 Å². The molecule has 1 unspecified atom stereocenters. The summed E-state index contributed by atoms with van der Waals surface area (Å²) in [6, 6.07) is 3.74. The normalized spacial score (nSPS) is 18.9. The molecule has 1 aliphatic rings. The van der Waals surface area contributed by atoms with Gasteiger partial charge in [0.2, 0.25) is 0 Å². The van der Waals surface area contributed by atoms with Crippen LogP contribution in [-0.2, 0) is 22.9 Å². The second-order valence-electron chi connectivity index (χ2n) is 3.86. The van der Waals surface area contributed by atoms with Crippen LogP contribution in [-0.4, -0.2) is 32.5 Å². The van der Waals surface area contributed by atoms with Crippen molar-refractivity contribution in [1.29, 1.82) is 10.5 Å². The standard InChI is InChI=1S/C11H17N2O5P/c12-5-2-8-16-19(14,17-9-3-6-13)18-10-11-4-1-7-15-11/h11H,1-4,7-10H2. The predicted octanol–water partition coefficient (Wildman–Crippen LogP) is 2.15. The van der Waals surface area contributed by atoms with E-state index in [2.05, 4.69) is 0 Å². The van der Waals surface area contributed by atoms with Crippen molar-refractivity contribution in [2.75, 3.05) is 26.4 Å². The van der Waals surface area contributed by atoms with Gasteiger partial charge in [-0.15, -0.1) is 0 Å². The van der Waals surface area contributed by atoms with Gasteiger partial charge in [-0.1, -0.05) is 0 Å². The van der Waals surface area contributed by atoms with Crippen LogP contribution in [0.3, 0.4) is 0 Å². The lowest BCUT2D eigenvalue weighted by Crippen LogP contribution is -2.14. The van der Waals surface area contributed by atoms with Gasteiger partial charge in [0, 0.05) is 6.61 Å². The van der Waals surface area contributed by atoms with Gasteiger partial charge in [0.15, 0.2) is 0 Å². The quantitative estimate of drug-likeness (QED) is 0.473. The highest BCUT2D eigenvalue weighted by Gasteiger charge is 2.29. The Morgan fingerprint density at radius 3 is 2.26 bits per heavy atom. The van der Waals surface area contributed by atoms with E-state index in [1.165, 1.54) is 0 Å². The summed E-state index contributed by atoms with van der Waals surface area (Å²) in [4.78, 5) is 0. The third-order valence-electron chi connectivity index (χ3n) is 2.37. The van der Waals surface area contributed by atoms with Gasteiger partial charge in [-0.3, -0.25) is 13.6 Å². The maximum atomic E-state index is 12.2. The van der Waals surface area contributed by atoms with Gasteiger partial charge in [0.05, 0.1) is 50.9 Å². The highest BCUT2D eigenvalue weighted by atomic mass is 31.2. The number of phosphoric acid groups is 1. The Kier molecular flexibility index (Phi) is 7.66. The molecule has 0 radical (unpaired) electrons. The summed E-state index contributed by atoms with van der Waals surface area (Å²) in [5, 5.41) is 16.8. The van der Waals surface area contributed by atoms with Gasteiger partial charge >= 0.3 is 7.82 Å². The molecule has 1 heterocycles. The molecule has 0 aromatic carbocycles. The van der Waals surface area contributed by atoms with Crippen LogP contribution in [0.15, 0.2) is 0 Å². The molecule has 0 aromatic heterocycles. The van der Waals surface area contributed by atoms with Crippen molar-refractivity contribution in [3.05, 3.63) is 0 Å². The first kappa shape index (κ1) is 16.1. The first-order valence-corrected chi connectivity index (χ1v) is 7.55. The fourth-order valence-electron chi connectivity index (χ4n) is 1.47. The molecule has 0 bridgehead atoms. The van der Waals surface area contributed by atoms with E-state index in [4.69, 9.17) is 28.8 Å². The summed E-state index contributed by atoms with van der Waals surface area (Å²) in [5.74, 6) is 0. The maximum absolute atomic E-state index is 12.2. The summed E-state index contributed by atoms with van der Waals surface area (Å²) in [5.41, 5.74) is 0. The molecule has 106 valence electrons. The van der Waals surface area contributed by atoms with E-state index in [-0.39, 0.29) is 38.8 Å². The molecule has 0 aromatic rings. The molecule has 8 heteroatoms. The van der Waals surface area contributed by atoms with Gasteiger partial charge in [-0.05, 0) is 12.8 Å². The maximum Gasteiger partial charge on any atom is 0.474 e. The summed E-state index contributed by atoms with van der Waals surface area (Å²) in [6.07, 6.45) is 1.87. The molecule has 1 rings (SSSR count). The highest BCUT2D eigenvalue weighted by molar-refractivity contribution is 7.48. The average Bonchev–Trinajstić information content (AvgIpc) is 2.91. The van der Waals surface area contributed by atoms with Gasteiger partial charge in [-0.2, -0.15) is 10.5 Å². The minimum Gasteiger partial charge on any atom is -0.376 e. The molecule has 0 amide bonds. The van der Waals surface area contributed by atoms with Crippen LogP contribution in [0.25, 0.3) is 0 Å². The largest absolute Gasteiger partial charge is 0.474 e. The van der Waals surface area contributed by atoms with E-state index < -0.39 is 7.82 Å². The lowest BCUT2D eigenvalue weighted by Gasteiger charge is -2.18. The number of hydrogen-bond donors (Lipinski definition) is 0. The van der Waals surface area contributed by atoms with Crippen LogP contribution in [0.2, 0.25) is 0 Å². The number of nitrogens with zero attached hydrogens (tertiary/aromatic N) is 2. The lowest BCUT2D eigenvalue weighted by molar-refractivity contribution is 0.0404. The van der Waals surface area contributed by atoms with E-state index in [1.807, 2.05) is 12.1 Å². The molecule has 1 aliphatic heterocycles. The number of phosphoric ester groups is 1. The minimum absolute atomic E-state index is 0.0359. The number of rotatable bonds is 9. The summed E-state index contributed by atoms with van der Waals surface area (Å²) in [6.45, 7) is 0.719. The molecule has 0 spiro atoms. The Morgan fingerprint density at radius 2 is 1.79 bits per heavy atom. The van der Waals surface area contributed by atoms with Crippen LogP contribution in [0, 0.1) is 22.7 Å². The minimum atomic E-state index is -3.71. The topological polar surface area (TPSA) is 102 Å². The van der Waals surface area contributed by atoms with Crippen molar-refractivity contribution in [2.45, 2.75) is 31.8 Å². The van der Waals surface area contributed by atoms with E-state index >= 15 is 0 Å². The van der Waals surface area contributed by atoms with Gasteiger partial charge < -0.3 is 4.74 Å². The molecule has 0 aliphatic carbocycles. The predicted molar refractivity (Wildman–Crippen MR) is 64.9 cm³/mol. The zero-order valence-electron chi connectivity index (χ0n) is 10.6. The summed E-state index contributed by atoms with van der Waals surface area (Å²) >= 11 is 0. The van der Waals surface area contributed by atoms with E-state index in [9.17, 15) is 4.57 Å². The van der Waals surface area contributed by atoms with E-state index in [0.717, 1.165) is 12.8 Å². The van der Waals surface area contributed by atoms with Crippen molar-refractivity contribution < 1.29 is 22.9 Å². The molecular weight excluding hydrogens is 271 g/mol. The molecule has 19 heavy (non-hydrogen) atoms. The van der Waals surface area contributed by atoms with Crippen LogP contribution < -0.4 is 0 Å². The van der Waals surface area contributed by atoms with Crippen LogP contribution in [0.5, 0.6) is 0 Å². The molecule has 1 atom stereocenters. The van der Waals surface area contributed by atoms with Gasteiger partial charge in [-0.25, -0.2) is 4.57 Å². The monoisotopic (exact) mass is 288 g/mol. The summed E-state index contributed by atoms with van der Waals surface area (Å²) < 4.78 is 32.7. The lowest BCUT2D eigenvalue weighted by atomic mass is 10.2. The van der Waals surface area contributed by atoms with E-state index in [0.29, 0.717) is 6.61 Å². The highest BCUT2D eigenvalue weighted by Crippen LogP contribution is 2.49. The fraction of sp³-hybridized carbons (Fsp3) is 0.818. The Bertz CT molecular complexity index is 360. The van der Waals surface area contributed by atoms with Crippen LogP contribution in [0.4, 0.5) is 0 Å². The first-order valence-electron chi connectivity index (χ1n) is 6.09. The van der Waals surface area contributed by atoms with Gasteiger partial charge in [0.1, 0.15) is 0 Å². The molecule has 0 saturated carbocycles. The number of ether oxygens (including phenoxy) is 1. The second-order valence-corrected chi connectivity index (χ2v) is 5.53. The molecule has 7 nitrogen and oxygen atoms in total. The number of nitriles is 2. The fourth-order valence-corrected chi connectivity index (χ4v) is 2.67. The zero-order valence-corrected chi connectivity index (χ0v) is 11.5. The third-order valence-corrected chi connectivity index (χ3v) is 3.83. The Hall–Kier alpha value is -0.950. The first-order chi connectivity index (χ1) is 9.20. The van der Waals surface area contributed by atoms with Crippen LogP contribution in [0.1, 0.15) is 25.7 Å². The van der Waals surface area contributed by atoms with Crippen molar-refractivity contribution in [3.8, 4) is 12.1 Å². The Morgan fingerprint density at radius 1 is 1.16 bits per heavy atom. The zero-order chi connectivity index (χ0) is 14.0. The Balaban J connectivity index is 2.39. The van der Waals surface area contributed by atoms with Crippen LogP contribution >= 0.6 is 7.82 Å².